The number of piperidine rings is 1. The largest absolute Gasteiger partial charge is 0.416 e. The molecular weight excluding hydrogens is 357 g/mol. The van der Waals surface area contributed by atoms with Gasteiger partial charge < -0.3 is 10.2 Å². The van der Waals surface area contributed by atoms with Crippen molar-refractivity contribution in [1.29, 1.82) is 0 Å². The summed E-state index contributed by atoms with van der Waals surface area (Å²) in [5, 5.41) is 2.83. The number of nitrogens with zero attached hydrogens (tertiary/aromatic N) is 1. The Balaban J connectivity index is 1.65. The maximum absolute atomic E-state index is 12.7. The summed E-state index contributed by atoms with van der Waals surface area (Å²) < 4.78 is 38.0. The summed E-state index contributed by atoms with van der Waals surface area (Å²) in [5.74, 6) is -0.871. The lowest BCUT2D eigenvalue weighted by molar-refractivity contribution is -0.137. The molecule has 1 N–H and O–H groups in total. The molecule has 2 aromatic carbocycles. The van der Waals surface area contributed by atoms with Gasteiger partial charge in [0.15, 0.2) is 0 Å². The first-order valence-electron chi connectivity index (χ1n) is 8.67. The van der Waals surface area contributed by atoms with Crippen molar-refractivity contribution in [2.24, 2.45) is 5.92 Å². The van der Waals surface area contributed by atoms with Crippen molar-refractivity contribution >= 4 is 17.5 Å². The number of nitrogens with one attached hydrogen (secondary N) is 1. The van der Waals surface area contributed by atoms with Crippen molar-refractivity contribution in [3.05, 3.63) is 65.7 Å². The monoisotopic (exact) mass is 376 g/mol. The average molecular weight is 376 g/mol. The number of likely N-dealkylation sites (tertiary alicyclic amines) is 1. The minimum atomic E-state index is -4.44. The van der Waals surface area contributed by atoms with Crippen LogP contribution in [0.3, 0.4) is 0 Å². The number of hydrogen-bond donors (Lipinski definition) is 1. The van der Waals surface area contributed by atoms with Crippen LogP contribution in [0.1, 0.15) is 28.8 Å². The first-order chi connectivity index (χ1) is 12.8. The van der Waals surface area contributed by atoms with Gasteiger partial charge in [0.25, 0.3) is 5.91 Å². The zero-order chi connectivity index (χ0) is 19.4. The number of halogens is 3. The topological polar surface area (TPSA) is 49.4 Å². The van der Waals surface area contributed by atoms with E-state index in [0.29, 0.717) is 25.1 Å². The number of carbonyl (C=O) groups excluding carboxylic acids is 2. The average Bonchev–Trinajstić information content (AvgIpc) is 2.68. The molecule has 142 valence electrons. The minimum Gasteiger partial charge on any atom is -0.338 e. The Kier molecular flexibility index (Phi) is 5.48. The molecule has 0 radical (unpaired) electrons. The Morgan fingerprint density at radius 2 is 1.67 bits per heavy atom. The smallest absolute Gasteiger partial charge is 0.338 e. The molecule has 1 heterocycles. The lowest BCUT2D eigenvalue weighted by Gasteiger charge is -2.32. The third-order valence-corrected chi connectivity index (χ3v) is 4.58. The quantitative estimate of drug-likeness (QED) is 0.873. The van der Waals surface area contributed by atoms with E-state index in [-0.39, 0.29) is 29.8 Å². The van der Waals surface area contributed by atoms with Crippen LogP contribution in [0.5, 0.6) is 0 Å². The van der Waals surface area contributed by atoms with Crippen molar-refractivity contribution in [2.45, 2.75) is 19.0 Å². The highest BCUT2D eigenvalue weighted by Gasteiger charge is 2.32. The van der Waals surface area contributed by atoms with E-state index in [1.165, 1.54) is 17.0 Å². The van der Waals surface area contributed by atoms with Gasteiger partial charge in [0.05, 0.1) is 11.5 Å². The molecule has 7 heteroatoms. The molecule has 0 bridgehead atoms. The normalized spacial score (nSPS) is 17.4. The van der Waals surface area contributed by atoms with Crippen LogP contribution >= 0.6 is 0 Å². The fourth-order valence-corrected chi connectivity index (χ4v) is 3.13. The maximum atomic E-state index is 12.7. The summed E-state index contributed by atoms with van der Waals surface area (Å²) in [6.07, 6.45) is -3.11. The second-order valence-electron chi connectivity index (χ2n) is 6.52. The molecule has 2 aromatic rings. The van der Waals surface area contributed by atoms with E-state index in [1.54, 1.807) is 12.1 Å². The Labute approximate surface area is 155 Å². The number of carbonyl (C=O) groups is 2. The number of amides is 2. The zero-order valence-electron chi connectivity index (χ0n) is 14.5. The molecule has 1 atom stereocenters. The standard InChI is InChI=1S/C20H19F3N2O2/c21-20(22,23)16-10-8-14(9-11-16)19(27)25-12-4-5-15(13-25)18(26)24-17-6-2-1-3-7-17/h1-3,6-11,15H,4-5,12-13H2,(H,24,26). The number of para-hydroxylation sites is 1. The summed E-state index contributed by atoms with van der Waals surface area (Å²) >= 11 is 0. The molecule has 1 aliphatic rings. The Morgan fingerprint density at radius 1 is 1.00 bits per heavy atom. The van der Waals surface area contributed by atoms with Gasteiger partial charge >= 0.3 is 6.18 Å². The van der Waals surface area contributed by atoms with Crippen LogP contribution in [-0.4, -0.2) is 29.8 Å². The van der Waals surface area contributed by atoms with Gasteiger partial charge in [-0.25, -0.2) is 0 Å². The lowest BCUT2D eigenvalue weighted by Crippen LogP contribution is -2.43. The van der Waals surface area contributed by atoms with Gasteiger partial charge in [-0.15, -0.1) is 0 Å². The van der Waals surface area contributed by atoms with Gasteiger partial charge in [-0.05, 0) is 49.2 Å². The van der Waals surface area contributed by atoms with Gasteiger partial charge in [0.1, 0.15) is 0 Å². The summed E-state index contributed by atoms with van der Waals surface area (Å²) in [5.41, 5.74) is 0.0821. The SMILES string of the molecule is O=C(Nc1ccccc1)C1CCCN(C(=O)c2ccc(C(F)(F)F)cc2)C1. The van der Waals surface area contributed by atoms with Crippen LogP contribution in [0, 0.1) is 5.92 Å². The molecule has 2 amide bonds. The van der Waals surface area contributed by atoms with Crippen molar-refractivity contribution in [1.82, 2.24) is 4.90 Å². The highest BCUT2D eigenvalue weighted by Crippen LogP contribution is 2.29. The molecule has 1 fully saturated rings. The van der Waals surface area contributed by atoms with Gasteiger partial charge in [-0.1, -0.05) is 18.2 Å². The van der Waals surface area contributed by atoms with Crippen LogP contribution in [0.2, 0.25) is 0 Å². The zero-order valence-corrected chi connectivity index (χ0v) is 14.5. The number of anilines is 1. The van der Waals surface area contributed by atoms with E-state index in [2.05, 4.69) is 5.32 Å². The lowest BCUT2D eigenvalue weighted by atomic mass is 9.96. The summed E-state index contributed by atoms with van der Waals surface area (Å²) in [6.45, 7) is 0.730. The van der Waals surface area contributed by atoms with Gasteiger partial charge in [0.2, 0.25) is 5.91 Å². The number of benzene rings is 2. The predicted molar refractivity (Wildman–Crippen MR) is 95.1 cm³/mol. The van der Waals surface area contributed by atoms with E-state index in [0.717, 1.165) is 12.1 Å². The van der Waals surface area contributed by atoms with Crippen LogP contribution in [0.4, 0.5) is 18.9 Å². The minimum absolute atomic E-state index is 0.161. The van der Waals surface area contributed by atoms with E-state index in [1.807, 2.05) is 18.2 Å². The fourth-order valence-electron chi connectivity index (χ4n) is 3.13. The number of alkyl halides is 3. The van der Waals surface area contributed by atoms with Crippen molar-refractivity contribution in [3.8, 4) is 0 Å². The number of hydrogen-bond acceptors (Lipinski definition) is 2. The van der Waals surface area contributed by atoms with Crippen LogP contribution < -0.4 is 5.32 Å². The van der Waals surface area contributed by atoms with E-state index >= 15 is 0 Å². The summed E-state index contributed by atoms with van der Waals surface area (Å²) in [6, 6.07) is 13.2. The molecule has 0 spiro atoms. The van der Waals surface area contributed by atoms with E-state index in [4.69, 9.17) is 0 Å². The van der Waals surface area contributed by atoms with Gasteiger partial charge in [-0.2, -0.15) is 13.2 Å². The second-order valence-corrected chi connectivity index (χ2v) is 6.52. The fraction of sp³-hybridized carbons (Fsp3) is 0.300. The Hall–Kier alpha value is -2.83. The van der Waals surface area contributed by atoms with Crippen LogP contribution in [0.25, 0.3) is 0 Å². The molecule has 0 saturated carbocycles. The Bertz CT molecular complexity index is 804. The third-order valence-electron chi connectivity index (χ3n) is 4.58. The molecule has 0 aliphatic carbocycles. The first-order valence-corrected chi connectivity index (χ1v) is 8.67. The molecular formula is C20H19F3N2O2. The summed E-state index contributed by atoms with van der Waals surface area (Å²) in [4.78, 5) is 26.6. The molecule has 3 rings (SSSR count). The van der Waals surface area contributed by atoms with E-state index in [9.17, 15) is 22.8 Å². The molecule has 27 heavy (non-hydrogen) atoms. The predicted octanol–water partition coefficient (Wildman–Crippen LogP) is 4.20. The van der Waals surface area contributed by atoms with Crippen LogP contribution in [-0.2, 0) is 11.0 Å². The molecule has 1 aliphatic heterocycles. The van der Waals surface area contributed by atoms with Crippen molar-refractivity contribution in [3.63, 3.8) is 0 Å². The first kappa shape index (κ1) is 18.9. The third kappa shape index (κ3) is 4.67. The maximum Gasteiger partial charge on any atom is 0.416 e. The molecule has 1 unspecified atom stereocenters. The highest BCUT2D eigenvalue weighted by molar-refractivity contribution is 5.96. The summed E-state index contributed by atoms with van der Waals surface area (Å²) in [7, 11) is 0. The number of rotatable bonds is 3. The van der Waals surface area contributed by atoms with Gasteiger partial charge in [-0.3, -0.25) is 9.59 Å². The molecule has 0 aromatic heterocycles. The van der Waals surface area contributed by atoms with Gasteiger partial charge in [0, 0.05) is 24.3 Å². The van der Waals surface area contributed by atoms with E-state index < -0.39 is 11.7 Å². The van der Waals surface area contributed by atoms with Crippen LogP contribution in [0.15, 0.2) is 54.6 Å². The van der Waals surface area contributed by atoms with Crippen molar-refractivity contribution < 1.29 is 22.8 Å². The van der Waals surface area contributed by atoms with Crippen molar-refractivity contribution in [2.75, 3.05) is 18.4 Å². The second kappa shape index (κ2) is 7.82. The highest BCUT2D eigenvalue weighted by atomic mass is 19.4. The molecule has 1 saturated heterocycles. The molecule has 4 nitrogen and oxygen atoms in total. The Morgan fingerprint density at radius 3 is 2.30 bits per heavy atom.